The molecule has 0 aromatic carbocycles. The molecule has 2 rings (SSSR count). The Morgan fingerprint density at radius 1 is 1.64 bits per heavy atom. The quantitative estimate of drug-likeness (QED) is 0.786. The van der Waals surface area contributed by atoms with Crippen molar-refractivity contribution in [3.63, 3.8) is 0 Å². The van der Waals surface area contributed by atoms with Gasteiger partial charge in [0.15, 0.2) is 0 Å². The van der Waals surface area contributed by atoms with Crippen LogP contribution in [0.4, 0.5) is 0 Å². The number of hydrogen-bond acceptors (Lipinski definition) is 3. The lowest BCUT2D eigenvalue weighted by molar-refractivity contribution is -0.123. The highest BCUT2D eigenvalue weighted by atomic mass is 32.1. The monoisotopic (exact) mass is 210 g/mol. The maximum atomic E-state index is 11.5. The molecular formula is C10H14N2OS. The van der Waals surface area contributed by atoms with Crippen LogP contribution in [-0.4, -0.2) is 11.4 Å². The summed E-state index contributed by atoms with van der Waals surface area (Å²) < 4.78 is 0. The molecule has 4 heteroatoms. The molecule has 14 heavy (non-hydrogen) atoms. The molecule has 1 aromatic heterocycles. The number of nitrogens with one attached hydrogen (secondary N) is 1. The van der Waals surface area contributed by atoms with E-state index < -0.39 is 5.54 Å². The summed E-state index contributed by atoms with van der Waals surface area (Å²) in [5.41, 5.74) is 5.20. The molecule has 1 aromatic rings. The van der Waals surface area contributed by atoms with E-state index >= 15 is 0 Å². The van der Waals surface area contributed by atoms with Crippen LogP contribution < -0.4 is 11.1 Å². The zero-order chi connectivity index (χ0) is 10.2. The van der Waals surface area contributed by atoms with Gasteiger partial charge in [-0.25, -0.2) is 0 Å². The van der Waals surface area contributed by atoms with Crippen LogP contribution in [0.15, 0.2) is 12.1 Å². The molecule has 1 aliphatic carbocycles. The molecule has 1 saturated carbocycles. The number of carbonyl (C=O) groups is 1. The summed E-state index contributed by atoms with van der Waals surface area (Å²) in [7, 11) is 0. The average Bonchev–Trinajstić information content (AvgIpc) is 2.76. The topological polar surface area (TPSA) is 55.1 Å². The number of rotatable bonds is 3. The molecule has 1 aliphatic rings. The van der Waals surface area contributed by atoms with Crippen molar-refractivity contribution in [2.24, 2.45) is 5.73 Å². The second-order valence-corrected chi connectivity index (χ2v) is 5.22. The standard InChI is InChI=1S/C10H14N2OS/c1-7-2-3-8(14-7)6-12-9(13)10(11)4-5-10/h2-3H,4-6,11H2,1H3,(H,12,13). The summed E-state index contributed by atoms with van der Waals surface area (Å²) in [4.78, 5) is 13.9. The number of nitrogens with two attached hydrogens (primary N) is 1. The normalized spacial score (nSPS) is 17.9. The van der Waals surface area contributed by atoms with Crippen LogP contribution in [0.1, 0.15) is 22.6 Å². The summed E-state index contributed by atoms with van der Waals surface area (Å²) in [5, 5.41) is 2.86. The lowest BCUT2D eigenvalue weighted by Crippen LogP contribution is -2.42. The molecule has 0 saturated heterocycles. The van der Waals surface area contributed by atoms with Gasteiger partial charge in [-0.05, 0) is 31.9 Å². The van der Waals surface area contributed by atoms with Crippen molar-refractivity contribution in [3.05, 3.63) is 21.9 Å². The van der Waals surface area contributed by atoms with Gasteiger partial charge in [0.05, 0.1) is 12.1 Å². The number of carbonyl (C=O) groups excluding carboxylic acids is 1. The Balaban J connectivity index is 1.85. The van der Waals surface area contributed by atoms with E-state index in [0.717, 1.165) is 12.8 Å². The highest BCUT2D eigenvalue weighted by molar-refractivity contribution is 7.11. The van der Waals surface area contributed by atoms with E-state index in [1.165, 1.54) is 9.75 Å². The third-order valence-corrected chi connectivity index (χ3v) is 3.46. The van der Waals surface area contributed by atoms with Crippen LogP contribution >= 0.6 is 11.3 Å². The lowest BCUT2D eigenvalue weighted by Gasteiger charge is -2.08. The summed E-state index contributed by atoms with van der Waals surface area (Å²) in [6.07, 6.45) is 1.64. The average molecular weight is 210 g/mol. The minimum absolute atomic E-state index is 0.0106. The molecule has 3 nitrogen and oxygen atoms in total. The van der Waals surface area contributed by atoms with Crippen LogP contribution in [0, 0.1) is 6.92 Å². The first-order chi connectivity index (χ1) is 6.60. The molecule has 0 radical (unpaired) electrons. The van der Waals surface area contributed by atoms with Gasteiger partial charge in [0.2, 0.25) is 5.91 Å². The third kappa shape index (κ3) is 1.96. The smallest absolute Gasteiger partial charge is 0.240 e. The van der Waals surface area contributed by atoms with Crippen molar-refractivity contribution >= 4 is 17.2 Å². The van der Waals surface area contributed by atoms with Gasteiger partial charge >= 0.3 is 0 Å². The fourth-order valence-electron chi connectivity index (χ4n) is 1.29. The summed E-state index contributed by atoms with van der Waals surface area (Å²) in [5.74, 6) is -0.0106. The Morgan fingerprint density at radius 2 is 2.36 bits per heavy atom. The molecule has 1 amide bonds. The highest BCUT2D eigenvalue weighted by Gasteiger charge is 2.45. The summed E-state index contributed by atoms with van der Waals surface area (Å²) in [6.45, 7) is 2.66. The number of hydrogen-bond donors (Lipinski definition) is 2. The molecule has 0 aliphatic heterocycles. The molecule has 0 atom stereocenters. The first-order valence-corrected chi connectivity index (χ1v) is 5.54. The van der Waals surface area contributed by atoms with Crippen molar-refractivity contribution in [1.29, 1.82) is 0 Å². The molecule has 1 heterocycles. The lowest BCUT2D eigenvalue weighted by atomic mass is 10.3. The first kappa shape index (κ1) is 9.68. The van der Waals surface area contributed by atoms with E-state index in [1.54, 1.807) is 11.3 Å². The minimum atomic E-state index is -0.549. The van der Waals surface area contributed by atoms with E-state index in [4.69, 9.17) is 5.73 Å². The summed E-state index contributed by atoms with van der Waals surface area (Å²) in [6, 6.07) is 4.10. The maximum Gasteiger partial charge on any atom is 0.240 e. The predicted molar refractivity (Wildman–Crippen MR) is 57.1 cm³/mol. The van der Waals surface area contributed by atoms with Gasteiger partial charge in [-0.1, -0.05) is 0 Å². The Bertz CT molecular complexity index is 355. The van der Waals surface area contributed by atoms with Crippen molar-refractivity contribution < 1.29 is 4.79 Å². The predicted octanol–water partition coefficient (Wildman–Crippen LogP) is 1.16. The van der Waals surface area contributed by atoms with E-state index in [0.29, 0.717) is 6.54 Å². The van der Waals surface area contributed by atoms with E-state index in [-0.39, 0.29) is 5.91 Å². The molecule has 76 valence electrons. The van der Waals surface area contributed by atoms with Gasteiger partial charge in [-0.15, -0.1) is 11.3 Å². The van der Waals surface area contributed by atoms with Crippen molar-refractivity contribution in [2.45, 2.75) is 31.8 Å². The van der Waals surface area contributed by atoms with Crippen LogP contribution in [0.25, 0.3) is 0 Å². The second kappa shape index (κ2) is 3.37. The second-order valence-electron chi connectivity index (χ2n) is 3.85. The SMILES string of the molecule is Cc1ccc(CNC(=O)C2(N)CC2)s1. The third-order valence-electron chi connectivity index (χ3n) is 2.46. The Morgan fingerprint density at radius 3 is 2.86 bits per heavy atom. The fraction of sp³-hybridized carbons (Fsp3) is 0.500. The molecule has 0 unspecified atom stereocenters. The van der Waals surface area contributed by atoms with Gasteiger partial charge in [-0.2, -0.15) is 0 Å². The van der Waals surface area contributed by atoms with Crippen molar-refractivity contribution in [3.8, 4) is 0 Å². The fourth-order valence-corrected chi connectivity index (χ4v) is 2.12. The van der Waals surface area contributed by atoms with Crippen molar-refractivity contribution in [1.82, 2.24) is 5.32 Å². The number of aryl methyl sites for hydroxylation is 1. The van der Waals surface area contributed by atoms with Gasteiger partial charge in [0.25, 0.3) is 0 Å². The molecular weight excluding hydrogens is 196 g/mol. The number of thiophene rings is 1. The largest absolute Gasteiger partial charge is 0.350 e. The summed E-state index contributed by atoms with van der Waals surface area (Å²) >= 11 is 1.71. The van der Waals surface area contributed by atoms with Crippen LogP contribution in [0.3, 0.4) is 0 Å². The maximum absolute atomic E-state index is 11.5. The van der Waals surface area contributed by atoms with Crippen molar-refractivity contribution in [2.75, 3.05) is 0 Å². The van der Waals surface area contributed by atoms with Crippen LogP contribution in [0.5, 0.6) is 0 Å². The van der Waals surface area contributed by atoms with E-state index in [2.05, 4.69) is 18.3 Å². The van der Waals surface area contributed by atoms with Gasteiger partial charge in [-0.3, -0.25) is 4.79 Å². The zero-order valence-corrected chi connectivity index (χ0v) is 8.99. The van der Waals surface area contributed by atoms with Crippen LogP contribution in [-0.2, 0) is 11.3 Å². The Labute approximate surface area is 87.3 Å². The molecule has 0 spiro atoms. The van der Waals surface area contributed by atoms with E-state index in [1.807, 2.05) is 6.07 Å². The van der Waals surface area contributed by atoms with Crippen LogP contribution in [0.2, 0.25) is 0 Å². The molecule has 3 N–H and O–H groups in total. The number of amides is 1. The Kier molecular flexibility index (Phi) is 2.33. The Hall–Kier alpha value is -0.870. The van der Waals surface area contributed by atoms with Gasteiger partial charge < -0.3 is 11.1 Å². The van der Waals surface area contributed by atoms with Gasteiger partial charge in [0, 0.05) is 9.75 Å². The van der Waals surface area contributed by atoms with Gasteiger partial charge in [0.1, 0.15) is 0 Å². The minimum Gasteiger partial charge on any atom is -0.350 e. The zero-order valence-electron chi connectivity index (χ0n) is 8.17. The molecule has 1 fully saturated rings. The molecule has 0 bridgehead atoms. The van der Waals surface area contributed by atoms with E-state index in [9.17, 15) is 4.79 Å². The highest BCUT2D eigenvalue weighted by Crippen LogP contribution is 2.32. The first-order valence-electron chi connectivity index (χ1n) is 4.73.